The van der Waals surface area contributed by atoms with Crippen LogP contribution >= 0.6 is 12.2 Å². The van der Waals surface area contributed by atoms with Gasteiger partial charge in [-0.25, -0.2) is 4.68 Å². The Morgan fingerprint density at radius 2 is 2.35 bits per heavy atom. The lowest BCUT2D eigenvalue weighted by Crippen LogP contribution is -2.54. The van der Waals surface area contributed by atoms with Crippen LogP contribution in [0.2, 0.25) is 0 Å². The zero-order chi connectivity index (χ0) is 12.6. The van der Waals surface area contributed by atoms with Crippen LogP contribution in [0.1, 0.15) is 19.8 Å². The van der Waals surface area contributed by atoms with Crippen LogP contribution in [0.3, 0.4) is 0 Å². The van der Waals surface area contributed by atoms with Crippen LogP contribution in [-0.2, 0) is 11.8 Å². The van der Waals surface area contributed by atoms with Gasteiger partial charge < -0.3 is 5.73 Å². The number of carbonyl (C=O) groups excluding carboxylic acids is 1. The van der Waals surface area contributed by atoms with Crippen LogP contribution in [0.25, 0.3) is 0 Å². The van der Waals surface area contributed by atoms with Crippen LogP contribution in [0.5, 0.6) is 0 Å². The minimum absolute atomic E-state index is 0.181. The summed E-state index contributed by atoms with van der Waals surface area (Å²) in [5, 5.41) is 6.60. The smallest absolute Gasteiger partial charge is 0.239 e. The normalized spacial score (nSPS) is 27.3. The third kappa shape index (κ3) is 1.90. The van der Waals surface area contributed by atoms with Crippen molar-refractivity contribution < 1.29 is 4.79 Å². The Hall–Kier alpha value is -1.50. The SMILES string of the molecule is CC1CC(C(=O)Nc2ncnn2C)(C(N)=S)C1. The predicted molar refractivity (Wildman–Crippen MR) is 67.2 cm³/mol. The van der Waals surface area contributed by atoms with Crippen molar-refractivity contribution in [1.82, 2.24) is 14.8 Å². The molecular weight excluding hydrogens is 238 g/mol. The standard InChI is InChI=1S/C10H15N5OS/c1-6-3-10(4-6,7(11)17)8(16)14-9-12-5-13-15(9)2/h5-6H,3-4H2,1-2H3,(H2,11,17)(H,12,13,14,16). The summed E-state index contributed by atoms with van der Waals surface area (Å²) >= 11 is 5.01. The van der Waals surface area contributed by atoms with Crippen LogP contribution in [0.4, 0.5) is 5.95 Å². The fourth-order valence-electron chi connectivity index (χ4n) is 2.26. The number of aryl methyl sites for hydroxylation is 1. The van der Waals surface area contributed by atoms with Gasteiger partial charge in [0.25, 0.3) is 0 Å². The molecule has 0 atom stereocenters. The summed E-state index contributed by atoms with van der Waals surface area (Å²) in [5.41, 5.74) is 4.98. The number of anilines is 1. The highest BCUT2D eigenvalue weighted by molar-refractivity contribution is 7.80. The van der Waals surface area contributed by atoms with Gasteiger partial charge in [0.1, 0.15) is 6.33 Å². The second-order valence-corrected chi connectivity index (χ2v) is 5.06. The van der Waals surface area contributed by atoms with Crippen LogP contribution in [0.15, 0.2) is 6.33 Å². The minimum atomic E-state index is -0.708. The molecular formula is C10H15N5OS. The Kier molecular flexibility index (Phi) is 2.86. The molecule has 6 nitrogen and oxygen atoms in total. The van der Waals surface area contributed by atoms with Crippen molar-refractivity contribution in [3.8, 4) is 0 Å². The van der Waals surface area contributed by atoms with Gasteiger partial charge in [-0.1, -0.05) is 19.1 Å². The topological polar surface area (TPSA) is 85.8 Å². The van der Waals surface area contributed by atoms with Crippen LogP contribution in [0, 0.1) is 11.3 Å². The first-order valence-electron chi connectivity index (χ1n) is 5.41. The lowest BCUT2D eigenvalue weighted by Gasteiger charge is -2.43. The zero-order valence-electron chi connectivity index (χ0n) is 9.80. The molecule has 0 spiro atoms. The summed E-state index contributed by atoms with van der Waals surface area (Å²) in [6.07, 6.45) is 2.78. The van der Waals surface area contributed by atoms with E-state index in [1.54, 1.807) is 7.05 Å². The number of hydrogen-bond donors (Lipinski definition) is 2. The highest BCUT2D eigenvalue weighted by Gasteiger charge is 2.51. The Labute approximate surface area is 105 Å². The molecule has 17 heavy (non-hydrogen) atoms. The van der Waals surface area contributed by atoms with E-state index in [1.165, 1.54) is 11.0 Å². The highest BCUT2D eigenvalue weighted by atomic mass is 32.1. The molecule has 0 aliphatic heterocycles. The van der Waals surface area contributed by atoms with E-state index in [2.05, 4.69) is 22.3 Å². The Balaban J connectivity index is 2.14. The quantitative estimate of drug-likeness (QED) is 0.764. The number of nitrogens with zero attached hydrogens (tertiary/aromatic N) is 3. The molecule has 1 aliphatic carbocycles. The lowest BCUT2D eigenvalue weighted by molar-refractivity contribution is -0.127. The van der Waals surface area contributed by atoms with E-state index in [0.717, 1.165) is 0 Å². The summed E-state index contributed by atoms with van der Waals surface area (Å²) in [6, 6.07) is 0. The number of amides is 1. The largest absolute Gasteiger partial charge is 0.392 e. The molecule has 1 heterocycles. The lowest BCUT2D eigenvalue weighted by atomic mass is 9.62. The van der Waals surface area contributed by atoms with Gasteiger partial charge in [0.2, 0.25) is 11.9 Å². The van der Waals surface area contributed by atoms with Gasteiger partial charge in [0.15, 0.2) is 0 Å². The molecule has 1 aromatic heterocycles. The first-order valence-corrected chi connectivity index (χ1v) is 5.82. The van der Waals surface area contributed by atoms with Crippen molar-refractivity contribution in [3.05, 3.63) is 6.33 Å². The Morgan fingerprint density at radius 3 is 2.76 bits per heavy atom. The molecule has 1 aromatic rings. The molecule has 1 aliphatic rings. The van der Waals surface area contributed by atoms with Gasteiger partial charge in [-0.2, -0.15) is 10.1 Å². The van der Waals surface area contributed by atoms with E-state index in [9.17, 15) is 4.79 Å². The minimum Gasteiger partial charge on any atom is -0.392 e. The molecule has 1 fully saturated rings. The Morgan fingerprint density at radius 1 is 1.71 bits per heavy atom. The number of aromatic nitrogens is 3. The zero-order valence-corrected chi connectivity index (χ0v) is 10.6. The molecule has 0 radical (unpaired) electrons. The fraction of sp³-hybridized carbons (Fsp3) is 0.600. The third-order valence-corrected chi connectivity index (χ3v) is 3.63. The summed E-state index contributed by atoms with van der Waals surface area (Å²) in [7, 11) is 1.71. The molecule has 0 bridgehead atoms. The van der Waals surface area contributed by atoms with Crippen LogP contribution < -0.4 is 11.1 Å². The summed E-state index contributed by atoms with van der Waals surface area (Å²) in [6.45, 7) is 2.08. The van der Waals surface area contributed by atoms with Crippen LogP contribution in [-0.4, -0.2) is 25.7 Å². The van der Waals surface area contributed by atoms with E-state index in [4.69, 9.17) is 18.0 Å². The number of hydrogen-bond acceptors (Lipinski definition) is 4. The van der Waals surface area contributed by atoms with E-state index < -0.39 is 5.41 Å². The molecule has 2 rings (SSSR count). The third-order valence-electron chi connectivity index (χ3n) is 3.24. The van der Waals surface area contributed by atoms with Crippen molar-refractivity contribution in [1.29, 1.82) is 0 Å². The highest BCUT2D eigenvalue weighted by Crippen LogP contribution is 2.46. The van der Waals surface area contributed by atoms with E-state index >= 15 is 0 Å². The van der Waals surface area contributed by atoms with E-state index in [1.807, 2.05) is 0 Å². The maximum absolute atomic E-state index is 12.2. The molecule has 0 aromatic carbocycles. The van der Waals surface area contributed by atoms with Crippen molar-refractivity contribution >= 4 is 29.1 Å². The fourth-order valence-corrected chi connectivity index (χ4v) is 2.52. The van der Waals surface area contributed by atoms with Crippen molar-refractivity contribution in [2.24, 2.45) is 24.1 Å². The van der Waals surface area contributed by atoms with Crippen molar-refractivity contribution in [2.45, 2.75) is 19.8 Å². The molecule has 92 valence electrons. The average molecular weight is 253 g/mol. The molecule has 0 unspecified atom stereocenters. The number of carbonyl (C=O) groups is 1. The van der Waals surface area contributed by atoms with Gasteiger partial charge in [0.05, 0.1) is 10.4 Å². The second kappa shape index (κ2) is 4.06. The first-order chi connectivity index (χ1) is 7.95. The van der Waals surface area contributed by atoms with Gasteiger partial charge >= 0.3 is 0 Å². The van der Waals surface area contributed by atoms with Gasteiger partial charge in [0, 0.05) is 7.05 Å². The number of nitrogens with two attached hydrogens (primary N) is 1. The monoisotopic (exact) mass is 253 g/mol. The van der Waals surface area contributed by atoms with E-state index in [0.29, 0.717) is 24.7 Å². The van der Waals surface area contributed by atoms with Gasteiger partial charge in [-0.3, -0.25) is 10.1 Å². The molecule has 1 amide bonds. The average Bonchev–Trinajstić information content (AvgIpc) is 2.58. The summed E-state index contributed by atoms with van der Waals surface area (Å²) in [4.78, 5) is 16.4. The first kappa shape index (κ1) is 12.0. The maximum Gasteiger partial charge on any atom is 0.239 e. The predicted octanol–water partition coefficient (Wildman–Crippen LogP) is 0.456. The Bertz CT molecular complexity index is 463. The van der Waals surface area contributed by atoms with Gasteiger partial charge in [-0.15, -0.1) is 0 Å². The molecule has 7 heteroatoms. The second-order valence-electron chi connectivity index (χ2n) is 4.62. The molecule has 0 saturated heterocycles. The molecule has 1 saturated carbocycles. The van der Waals surface area contributed by atoms with Crippen molar-refractivity contribution in [2.75, 3.05) is 5.32 Å². The maximum atomic E-state index is 12.2. The van der Waals surface area contributed by atoms with E-state index in [-0.39, 0.29) is 10.9 Å². The molecule has 3 N–H and O–H groups in total. The summed E-state index contributed by atoms with van der Waals surface area (Å²) < 4.78 is 1.49. The van der Waals surface area contributed by atoms with Gasteiger partial charge in [-0.05, 0) is 18.8 Å². The summed E-state index contributed by atoms with van der Waals surface area (Å²) in [5.74, 6) is 0.700. The number of nitrogens with one attached hydrogen (secondary N) is 1. The van der Waals surface area contributed by atoms with Crippen molar-refractivity contribution in [3.63, 3.8) is 0 Å². The number of rotatable bonds is 3. The number of thiocarbonyl (C=S) groups is 1.